The van der Waals surface area contributed by atoms with E-state index in [9.17, 15) is 9.90 Å². The van der Waals surface area contributed by atoms with Gasteiger partial charge in [0.1, 0.15) is 0 Å². The molecule has 0 unspecified atom stereocenters. The second-order valence-electron chi connectivity index (χ2n) is 3.62. The van der Waals surface area contributed by atoms with Crippen molar-refractivity contribution in [3.8, 4) is 0 Å². The zero-order valence-electron chi connectivity index (χ0n) is 6.77. The lowest BCUT2D eigenvalue weighted by atomic mass is 9.93. The molecule has 0 aromatic rings. The van der Waals surface area contributed by atoms with Gasteiger partial charge in [-0.05, 0) is 36.7 Å². The molecule has 0 aromatic carbocycles. The van der Waals surface area contributed by atoms with Crippen LogP contribution in [0.2, 0.25) is 0 Å². The maximum absolute atomic E-state index is 10.1. The smallest absolute Gasteiger partial charge is 0.0639 e. The molecule has 3 atom stereocenters. The fourth-order valence-electron chi connectivity index (χ4n) is 2.25. The van der Waals surface area contributed by atoms with Crippen molar-refractivity contribution in [1.29, 1.82) is 0 Å². The summed E-state index contributed by atoms with van der Waals surface area (Å²) in [6.45, 7) is 0. The summed E-state index contributed by atoms with van der Waals surface area (Å²) in [6.07, 6.45) is 9.72. The highest BCUT2D eigenvalue weighted by Gasteiger charge is 2.33. The van der Waals surface area contributed by atoms with E-state index in [1.807, 2.05) is 0 Å². The maximum atomic E-state index is 10.1. The largest absolute Gasteiger partial charge is 0.545 e. The van der Waals surface area contributed by atoms with E-state index < -0.39 is 5.97 Å². The van der Waals surface area contributed by atoms with Crippen LogP contribution in [0.1, 0.15) is 12.8 Å². The minimum atomic E-state index is -1.08. The number of carboxylic acids is 1. The Labute approximate surface area is 71.6 Å². The van der Waals surface area contributed by atoms with Crippen molar-refractivity contribution in [3.63, 3.8) is 0 Å². The van der Waals surface area contributed by atoms with E-state index in [1.54, 1.807) is 6.08 Å². The number of carbonyl (C=O) groups is 1. The molecule has 2 aliphatic rings. The van der Waals surface area contributed by atoms with E-state index in [0.717, 1.165) is 6.42 Å². The standard InChI is InChI=1S/C10H12O2/c11-10(12)4-3-9-6-7-1-2-8(9)5-7/h1-4,7-9H,5-6H2,(H,11,12)/p-1/t7-,8+,9-/m0/s1. The van der Waals surface area contributed by atoms with Gasteiger partial charge in [0.05, 0.1) is 5.97 Å². The van der Waals surface area contributed by atoms with Crippen LogP contribution in [0.15, 0.2) is 24.3 Å². The van der Waals surface area contributed by atoms with Crippen molar-refractivity contribution in [3.05, 3.63) is 24.3 Å². The van der Waals surface area contributed by atoms with Crippen LogP contribution in [0.4, 0.5) is 0 Å². The molecule has 2 heteroatoms. The number of fused-ring (bicyclic) bond motifs is 2. The summed E-state index contributed by atoms with van der Waals surface area (Å²) in [4.78, 5) is 10.1. The van der Waals surface area contributed by atoms with Crippen molar-refractivity contribution in [2.75, 3.05) is 0 Å². The molecule has 1 fully saturated rings. The Balaban J connectivity index is 1.99. The Kier molecular flexibility index (Phi) is 1.75. The Morgan fingerprint density at radius 1 is 1.42 bits per heavy atom. The number of hydrogen-bond donors (Lipinski definition) is 0. The molecule has 1 saturated carbocycles. The first-order valence-corrected chi connectivity index (χ1v) is 4.33. The van der Waals surface area contributed by atoms with E-state index in [0.29, 0.717) is 17.8 Å². The van der Waals surface area contributed by atoms with Gasteiger partial charge in [-0.3, -0.25) is 0 Å². The molecule has 2 bridgehead atoms. The lowest BCUT2D eigenvalue weighted by molar-refractivity contribution is -0.297. The van der Waals surface area contributed by atoms with Gasteiger partial charge < -0.3 is 9.90 Å². The normalized spacial score (nSPS) is 38.2. The van der Waals surface area contributed by atoms with Gasteiger partial charge in [-0.15, -0.1) is 0 Å². The van der Waals surface area contributed by atoms with Gasteiger partial charge in [0.25, 0.3) is 0 Å². The van der Waals surface area contributed by atoms with Crippen LogP contribution >= 0.6 is 0 Å². The van der Waals surface area contributed by atoms with E-state index >= 15 is 0 Å². The van der Waals surface area contributed by atoms with E-state index in [-0.39, 0.29) is 0 Å². The fraction of sp³-hybridized carbons (Fsp3) is 0.500. The molecule has 12 heavy (non-hydrogen) atoms. The monoisotopic (exact) mass is 163 g/mol. The van der Waals surface area contributed by atoms with Crippen molar-refractivity contribution < 1.29 is 9.90 Å². The third kappa shape index (κ3) is 1.29. The van der Waals surface area contributed by atoms with Gasteiger partial charge >= 0.3 is 0 Å². The molecule has 0 N–H and O–H groups in total. The molecule has 0 saturated heterocycles. The maximum Gasteiger partial charge on any atom is 0.0639 e. The zero-order chi connectivity index (χ0) is 8.55. The fourth-order valence-corrected chi connectivity index (χ4v) is 2.25. The molecule has 0 radical (unpaired) electrons. The van der Waals surface area contributed by atoms with Gasteiger partial charge in [0.2, 0.25) is 0 Å². The third-order valence-corrected chi connectivity index (χ3v) is 2.81. The van der Waals surface area contributed by atoms with E-state index in [1.165, 1.54) is 12.5 Å². The quantitative estimate of drug-likeness (QED) is 0.439. The summed E-state index contributed by atoms with van der Waals surface area (Å²) in [5, 5.41) is 10.1. The second kappa shape index (κ2) is 2.77. The first kappa shape index (κ1) is 7.59. The molecule has 64 valence electrons. The molecule has 0 spiro atoms. The Morgan fingerprint density at radius 2 is 2.25 bits per heavy atom. The van der Waals surface area contributed by atoms with Crippen LogP contribution in [-0.4, -0.2) is 5.97 Å². The Morgan fingerprint density at radius 3 is 2.75 bits per heavy atom. The highest BCUT2D eigenvalue weighted by Crippen LogP contribution is 2.43. The number of aliphatic carboxylic acids is 1. The van der Waals surface area contributed by atoms with Crippen molar-refractivity contribution in [2.24, 2.45) is 17.8 Å². The summed E-state index contributed by atoms with van der Waals surface area (Å²) >= 11 is 0. The molecule has 0 aliphatic heterocycles. The summed E-state index contributed by atoms with van der Waals surface area (Å²) in [5.41, 5.74) is 0. The Hall–Kier alpha value is -1.05. The van der Waals surface area contributed by atoms with Crippen molar-refractivity contribution in [1.82, 2.24) is 0 Å². The van der Waals surface area contributed by atoms with Gasteiger partial charge in [-0.2, -0.15) is 0 Å². The molecule has 2 aliphatic carbocycles. The summed E-state index contributed by atoms with van der Waals surface area (Å²) in [5.74, 6) is 0.650. The minimum Gasteiger partial charge on any atom is -0.545 e. The number of carboxylic acid groups (broad SMARTS) is 1. The number of rotatable bonds is 2. The van der Waals surface area contributed by atoms with Gasteiger partial charge in [0.15, 0.2) is 0 Å². The van der Waals surface area contributed by atoms with Gasteiger partial charge in [-0.25, -0.2) is 0 Å². The molecule has 0 aromatic heterocycles. The predicted molar refractivity (Wildman–Crippen MR) is 43.0 cm³/mol. The van der Waals surface area contributed by atoms with Crippen LogP contribution in [0.3, 0.4) is 0 Å². The molecule has 0 amide bonds. The van der Waals surface area contributed by atoms with Crippen LogP contribution in [0.25, 0.3) is 0 Å². The summed E-state index contributed by atoms with van der Waals surface area (Å²) < 4.78 is 0. The Bertz CT molecular complexity index is 253. The van der Waals surface area contributed by atoms with Gasteiger partial charge in [0, 0.05) is 0 Å². The molecular weight excluding hydrogens is 152 g/mol. The molecule has 2 nitrogen and oxygen atoms in total. The highest BCUT2D eigenvalue weighted by molar-refractivity contribution is 5.77. The van der Waals surface area contributed by atoms with Crippen LogP contribution in [-0.2, 0) is 4.79 Å². The second-order valence-corrected chi connectivity index (χ2v) is 3.62. The molecule has 0 heterocycles. The van der Waals surface area contributed by atoms with E-state index in [2.05, 4.69) is 12.2 Å². The summed E-state index contributed by atoms with van der Waals surface area (Å²) in [6, 6.07) is 0. The minimum absolute atomic E-state index is 0.442. The van der Waals surface area contributed by atoms with Crippen molar-refractivity contribution in [2.45, 2.75) is 12.8 Å². The molecule has 2 rings (SSSR count). The third-order valence-electron chi connectivity index (χ3n) is 2.81. The van der Waals surface area contributed by atoms with Crippen LogP contribution in [0, 0.1) is 17.8 Å². The molecular formula is C10H11O2-. The average Bonchev–Trinajstić information content (AvgIpc) is 2.60. The first-order valence-electron chi connectivity index (χ1n) is 4.33. The van der Waals surface area contributed by atoms with Crippen LogP contribution < -0.4 is 5.11 Å². The zero-order valence-corrected chi connectivity index (χ0v) is 6.77. The first-order chi connectivity index (χ1) is 5.75. The summed E-state index contributed by atoms with van der Waals surface area (Å²) in [7, 11) is 0. The topological polar surface area (TPSA) is 40.1 Å². The average molecular weight is 163 g/mol. The van der Waals surface area contributed by atoms with Gasteiger partial charge in [-0.1, -0.05) is 18.2 Å². The highest BCUT2D eigenvalue weighted by atomic mass is 16.4. The van der Waals surface area contributed by atoms with E-state index in [4.69, 9.17) is 0 Å². The van der Waals surface area contributed by atoms with Crippen molar-refractivity contribution >= 4 is 5.97 Å². The number of allylic oxidation sites excluding steroid dienone is 3. The van der Waals surface area contributed by atoms with Crippen LogP contribution in [0.5, 0.6) is 0 Å². The number of hydrogen-bond acceptors (Lipinski definition) is 2. The predicted octanol–water partition coefficient (Wildman–Crippen LogP) is 0.505. The SMILES string of the molecule is O=C([O-])C=C[C@H]1C[C@H]2C=C[C@@H]1C2. The lowest BCUT2D eigenvalue weighted by Gasteiger charge is -2.12. The lowest BCUT2D eigenvalue weighted by Crippen LogP contribution is -2.19. The number of carbonyl (C=O) groups excluding carboxylic acids is 1.